The van der Waals surface area contributed by atoms with Crippen LogP contribution in [0.3, 0.4) is 0 Å². The molecule has 0 saturated heterocycles. The van der Waals surface area contributed by atoms with Crippen molar-refractivity contribution in [2.45, 2.75) is 40.0 Å². The smallest absolute Gasteiger partial charge is 0.156 e. The number of hydrogen-bond acceptors (Lipinski definition) is 2. The van der Waals surface area contributed by atoms with E-state index in [9.17, 15) is 4.79 Å². The van der Waals surface area contributed by atoms with Crippen LogP contribution in [0.25, 0.3) is 0 Å². The first kappa shape index (κ1) is 14.5. The normalized spacial score (nSPS) is 11.8. The van der Waals surface area contributed by atoms with Crippen molar-refractivity contribution in [1.29, 1.82) is 0 Å². The summed E-state index contributed by atoms with van der Waals surface area (Å²) in [5, 5.41) is 0. The molecule has 0 radical (unpaired) electrons. The van der Waals surface area contributed by atoms with Crippen molar-refractivity contribution in [2.75, 3.05) is 7.11 Å². The van der Waals surface area contributed by atoms with Crippen LogP contribution >= 0.6 is 0 Å². The fraction of sp³-hybridized carbons (Fsp3) is 0.438. The van der Waals surface area contributed by atoms with E-state index in [0.717, 1.165) is 16.9 Å². The lowest BCUT2D eigenvalue weighted by Crippen LogP contribution is -2.04. The summed E-state index contributed by atoms with van der Waals surface area (Å²) < 4.78 is 5.38. The van der Waals surface area contributed by atoms with Gasteiger partial charge in [0, 0.05) is 6.42 Å². The highest BCUT2D eigenvalue weighted by Crippen LogP contribution is 2.29. The number of aryl methyl sites for hydroxylation is 1. The fourth-order valence-electron chi connectivity index (χ4n) is 2.02. The third-order valence-electron chi connectivity index (χ3n) is 2.88. The minimum atomic E-state index is 0.170. The molecule has 0 aliphatic carbocycles. The number of allylic oxidation sites excluding steroid dienone is 2. The lowest BCUT2D eigenvalue weighted by atomic mass is 9.93. The van der Waals surface area contributed by atoms with E-state index < -0.39 is 0 Å². The Labute approximate surface area is 110 Å². The Hall–Kier alpha value is -1.57. The SMILES string of the molecule is COc1cc(C)ccc1C(C)CC(=O)C=C(C)C. The number of ether oxygens (including phenoxy) is 1. The summed E-state index contributed by atoms with van der Waals surface area (Å²) in [5.74, 6) is 1.21. The molecule has 2 nitrogen and oxygen atoms in total. The van der Waals surface area contributed by atoms with Crippen LogP contribution in [0, 0.1) is 6.92 Å². The topological polar surface area (TPSA) is 26.3 Å². The molecule has 0 saturated carbocycles. The summed E-state index contributed by atoms with van der Waals surface area (Å²) in [7, 11) is 1.67. The van der Waals surface area contributed by atoms with Crippen LogP contribution in [0.4, 0.5) is 0 Å². The lowest BCUT2D eigenvalue weighted by Gasteiger charge is -2.15. The first-order valence-corrected chi connectivity index (χ1v) is 6.26. The molecule has 2 heteroatoms. The summed E-state index contributed by atoms with van der Waals surface area (Å²) in [5.41, 5.74) is 3.31. The number of carbonyl (C=O) groups excluding carboxylic acids is 1. The highest BCUT2D eigenvalue weighted by Gasteiger charge is 2.14. The zero-order valence-electron chi connectivity index (χ0n) is 11.9. The van der Waals surface area contributed by atoms with Crippen LogP contribution in [0.15, 0.2) is 29.8 Å². The Kier molecular flexibility index (Phi) is 5.14. The van der Waals surface area contributed by atoms with Crippen molar-refractivity contribution in [3.63, 3.8) is 0 Å². The van der Waals surface area contributed by atoms with Crippen molar-refractivity contribution in [3.8, 4) is 5.75 Å². The maximum absolute atomic E-state index is 11.8. The van der Waals surface area contributed by atoms with Crippen LogP contribution in [-0.4, -0.2) is 12.9 Å². The van der Waals surface area contributed by atoms with Crippen molar-refractivity contribution in [3.05, 3.63) is 41.0 Å². The molecule has 0 N–H and O–H groups in total. The Morgan fingerprint density at radius 3 is 2.61 bits per heavy atom. The molecule has 0 fully saturated rings. The first-order chi connectivity index (χ1) is 8.43. The van der Waals surface area contributed by atoms with Crippen molar-refractivity contribution in [2.24, 2.45) is 0 Å². The van der Waals surface area contributed by atoms with Gasteiger partial charge in [-0.2, -0.15) is 0 Å². The first-order valence-electron chi connectivity index (χ1n) is 6.26. The van der Waals surface area contributed by atoms with Crippen LogP contribution in [0.2, 0.25) is 0 Å². The van der Waals surface area contributed by atoms with Gasteiger partial charge in [0.25, 0.3) is 0 Å². The quantitative estimate of drug-likeness (QED) is 0.733. The maximum atomic E-state index is 11.8. The molecule has 1 unspecified atom stereocenters. The van der Waals surface area contributed by atoms with Gasteiger partial charge in [0.2, 0.25) is 0 Å². The van der Waals surface area contributed by atoms with E-state index in [4.69, 9.17) is 4.74 Å². The van der Waals surface area contributed by atoms with E-state index in [1.54, 1.807) is 13.2 Å². The monoisotopic (exact) mass is 246 g/mol. The van der Waals surface area contributed by atoms with E-state index in [2.05, 4.69) is 19.1 Å². The lowest BCUT2D eigenvalue weighted by molar-refractivity contribution is -0.114. The summed E-state index contributed by atoms with van der Waals surface area (Å²) in [6.07, 6.45) is 2.22. The zero-order valence-corrected chi connectivity index (χ0v) is 11.9. The van der Waals surface area contributed by atoms with E-state index in [-0.39, 0.29) is 11.7 Å². The standard InChI is InChI=1S/C16H22O2/c1-11(2)8-14(17)10-13(4)15-7-6-12(3)9-16(15)18-5/h6-9,13H,10H2,1-5H3. The minimum absolute atomic E-state index is 0.170. The number of rotatable bonds is 5. The Balaban J connectivity index is 2.87. The largest absolute Gasteiger partial charge is 0.496 e. The molecular formula is C16H22O2. The van der Waals surface area contributed by atoms with E-state index in [1.807, 2.05) is 26.8 Å². The number of carbonyl (C=O) groups is 1. The molecule has 18 heavy (non-hydrogen) atoms. The molecule has 98 valence electrons. The van der Waals surface area contributed by atoms with Crippen molar-refractivity contribution < 1.29 is 9.53 Å². The van der Waals surface area contributed by atoms with Crippen LogP contribution < -0.4 is 4.74 Å². The summed E-state index contributed by atoms with van der Waals surface area (Å²) in [4.78, 5) is 11.8. The minimum Gasteiger partial charge on any atom is -0.496 e. The molecule has 1 aromatic carbocycles. The highest BCUT2D eigenvalue weighted by atomic mass is 16.5. The van der Waals surface area contributed by atoms with Gasteiger partial charge >= 0.3 is 0 Å². The zero-order chi connectivity index (χ0) is 13.7. The third-order valence-corrected chi connectivity index (χ3v) is 2.88. The summed E-state index contributed by atoms with van der Waals surface area (Å²) in [6.45, 7) is 7.97. The maximum Gasteiger partial charge on any atom is 0.156 e. The molecule has 0 amide bonds. The Morgan fingerprint density at radius 1 is 1.39 bits per heavy atom. The molecule has 0 aliphatic heterocycles. The molecule has 0 aromatic heterocycles. The molecule has 0 bridgehead atoms. The van der Waals surface area contributed by atoms with Crippen molar-refractivity contribution >= 4 is 5.78 Å². The molecule has 1 aromatic rings. The molecule has 0 spiro atoms. The van der Waals surface area contributed by atoms with E-state index >= 15 is 0 Å². The molecule has 0 aliphatic rings. The average Bonchev–Trinajstić information content (AvgIpc) is 2.27. The van der Waals surface area contributed by atoms with Gasteiger partial charge in [0.15, 0.2) is 5.78 Å². The van der Waals surface area contributed by atoms with Gasteiger partial charge < -0.3 is 4.74 Å². The third kappa shape index (κ3) is 4.02. The average molecular weight is 246 g/mol. The second kappa shape index (κ2) is 6.39. The van der Waals surface area contributed by atoms with Gasteiger partial charge in [0.1, 0.15) is 5.75 Å². The molecule has 0 heterocycles. The van der Waals surface area contributed by atoms with Gasteiger partial charge in [-0.1, -0.05) is 24.6 Å². The number of methoxy groups -OCH3 is 1. The molecule has 1 rings (SSSR count). The fourth-order valence-corrected chi connectivity index (χ4v) is 2.02. The predicted molar refractivity (Wildman–Crippen MR) is 75.2 cm³/mol. The van der Waals surface area contributed by atoms with Gasteiger partial charge in [-0.3, -0.25) is 4.79 Å². The second-order valence-electron chi connectivity index (χ2n) is 5.04. The highest BCUT2D eigenvalue weighted by molar-refractivity contribution is 5.90. The van der Waals surface area contributed by atoms with Crippen LogP contribution in [-0.2, 0) is 4.79 Å². The molecule has 1 atom stereocenters. The predicted octanol–water partition coefficient (Wildman–Crippen LogP) is 4.03. The summed E-state index contributed by atoms with van der Waals surface area (Å²) >= 11 is 0. The number of hydrogen-bond donors (Lipinski definition) is 0. The van der Waals surface area contributed by atoms with E-state index in [1.165, 1.54) is 5.56 Å². The van der Waals surface area contributed by atoms with Gasteiger partial charge in [0.05, 0.1) is 7.11 Å². The van der Waals surface area contributed by atoms with Gasteiger partial charge in [-0.25, -0.2) is 0 Å². The van der Waals surface area contributed by atoms with Gasteiger partial charge in [-0.15, -0.1) is 0 Å². The molecular weight excluding hydrogens is 224 g/mol. The Bertz CT molecular complexity index is 454. The second-order valence-corrected chi connectivity index (χ2v) is 5.04. The van der Waals surface area contributed by atoms with Crippen molar-refractivity contribution in [1.82, 2.24) is 0 Å². The summed E-state index contributed by atoms with van der Waals surface area (Å²) in [6, 6.07) is 6.12. The van der Waals surface area contributed by atoms with Gasteiger partial charge in [-0.05, 0) is 50.0 Å². The number of benzene rings is 1. The Morgan fingerprint density at radius 2 is 2.06 bits per heavy atom. The van der Waals surface area contributed by atoms with Crippen LogP contribution in [0.5, 0.6) is 5.75 Å². The van der Waals surface area contributed by atoms with E-state index in [0.29, 0.717) is 6.42 Å². The number of ketones is 1. The van der Waals surface area contributed by atoms with Crippen LogP contribution in [0.1, 0.15) is 44.2 Å².